The van der Waals surface area contributed by atoms with E-state index in [1.54, 1.807) is 16.9 Å². The maximum absolute atomic E-state index is 14.7. The minimum absolute atomic E-state index is 0.0295. The Morgan fingerprint density at radius 3 is 2.54 bits per heavy atom. The standard InChI is InChI=1S/C30H24F5N5O6/c1-27(26(36)42)13-44-24-18(27)10-22(38-23(24)14-3-7-20-21(9-14)46-30(34,35)45-20)28(43,29(31,32)33)12-37-25(41)15-2-6-19-16(8-15)11-40(39-19)17-4-5-17/h2-3,6-11,17,43H,4-5,12-13H2,1H3,(H2,36,42)(H,37,41)/t27-,28?/m0/s1. The van der Waals surface area contributed by atoms with Crippen molar-refractivity contribution in [3.8, 4) is 28.5 Å². The molecule has 0 radical (unpaired) electrons. The number of nitrogens with zero attached hydrogens (tertiary/aromatic N) is 3. The van der Waals surface area contributed by atoms with Gasteiger partial charge in [0.05, 0.1) is 23.8 Å². The maximum Gasteiger partial charge on any atom is 0.586 e. The zero-order valence-corrected chi connectivity index (χ0v) is 23.8. The predicted molar refractivity (Wildman–Crippen MR) is 148 cm³/mol. The number of amides is 2. The lowest BCUT2D eigenvalue weighted by Gasteiger charge is -2.31. The molecule has 240 valence electrons. The third-order valence-electron chi connectivity index (χ3n) is 8.39. The molecule has 0 saturated heterocycles. The van der Waals surface area contributed by atoms with E-state index >= 15 is 0 Å². The van der Waals surface area contributed by atoms with Crippen molar-refractivity contribution < 1.29 is 50.9 Å². The van der Waals surface area contributed by atoms with Crippen LogP contribution in [0.5, 0.6) is 17.2 Å². The van der Waals surface area contributed by atoms with Crippen molar-refractivity contribution in [1.82, 2.24) is 20.1 Å². The van der Waals surface area contributed by atoms with Gasteiger partial charge in [-0.2, -0.15) is 18.3 Å². The molecule has 2 aliphatic heterocycles. The van der Waals surface area contributed by atoms with Crippen LogP contribution >= 0.6 is 0 Å². The number of aromatic nitrogens is 3. The lowest BCUT2D eigenvalue weighted by Crippen LogP contribution is -2.51. The molecule has 1 fully saturated rings. The molecule has 0 bridgehead atoms. The molecule has 4 aromatic rings. The molecule has 46 heavy (non-hydrogen) atoms. The number of aliphatic hydroxyl groups is 1. The van der Waals surface area contributed by atoms with Gasteiger partial charge in [-0.3, -0.25) is 14.3 Å². The van der Waals surface area contributed by atoms with Crippen LogP contribution < -0.4 is 25.3 Å². The van der Waals surface area contributed by atoms with E-state index in [-0.39, 0.29) is 46.5 Å². The van der Waals surface area contributed by atoms with Gasteiger partial charge in [0.2, 0.25) is 11.5 Å². The molecule has 1 saturated carbocycles. The molecule has 16 heteroatoms. The van der Waals surface area contributed by atoms with Crippen molar-refractivity contribution in [1.29, 1.82) is 0 Å². The first-order valence-corrected chi connectivity index (χ1v) is 14.0. The number of rotatable bonds is 7. The van der Waals surface area contributed by atoms with Crippen LogP contribution in [0, 0.1) is 0 Å². The van der Waals surface area contributed by atoms with Gasteiger partial charge in [0.15, 0.2) is 11.5 Å². The summed E-state index contributed by atoms with van der Waals surface area (Å²) in [6, 6.07) is 8.92. The highest BCUT2D eigenvalue weighted by Crippen LogP contribution is 2.50. The normalized spacial score (nSPS) is 21.0. The summed E-state index contributed by atoms with van der Waals surface area (Å²) in [4.78, 5) is 29.6. The largest absolute Gasteiger partial charge is 0.586 e. The lowest BCUT2D eigenvalue weighted by atomic mass is 9.81. The van der Waals surface area contributed by atoms with Gasteiger partial charge in [-0.25, -0.2) is 4.98 Å². The van der Waals surface area contributed by atoms with E-state index in [0.717, 1.165) is 31.0 Å². The fourth-order valence-corrected chi connectivity index (χ4v) is 5.45. The molecule has 2 amide bonds. The summed E-state index contributed by atoms with van der Waals surface area (Å²) in [5.74, 6) is -2.77. The number of carbonyl (C=O) groups is 2. The van der Waals surface area contributed by atoms with E-state index in [4.69, 9.17) is 10.5 Å². The van der Waals surface area contributed by atoms with E-state index in [1.165, 1.54) is 25.1 Å². The van der Waals surface area contributed by atoms with Crippen LogP contribution in [0.1, 0.15) is 47.4 Å². The Labute approximate surface area is 256 Å². The van der Waals surface area contributed by atoms with Gasteiger partial charge >= 0.3 is 12.5 Å². The number of ether oxygens (including phenoxy) is 3. The average molecular weight is 646 g/mol. The van der Waals surface area contributed by atoms with Gasteiger partial charge in [0.25, 0.3) is 5.91 Å². The Hall–Kier alpha value is -4.99. The Balaban J connectivity index is 1.27. The number of halogens is 5. The smallest absolute Gasteiger partial charge is 0.489 e. The molecule has 2 atom stereocenters. The number of carbonyl (C=O) groups excluding carboxylic acids is 2. The summed E-state index contributed by atoms with van der Waals surface area (Å²) in [6.07, 6.45) is -5.68. The number of benzene rings is 2. The number of alkyl halides is 5. The quantitative estimate of drug-likeness (QED) is 0.255. The van der Waals surface area contributed by atoms with Gasteiger partial charge in [-0.15, -0.1) is 8.78 Å². The second-order valence-electron chi connectivity index (χ2n) is 11.7. The number of nitrogens with two attached hydrogens (primary N) is 1. The molecule has 0 spiro atoms. The summed E-state index contributed by atoms with van der Waals surface area (Å²) in [5.41, 5.74) is -0.722. The number of primary amides is 1. The number of hydrogen-bond donors (Lipinski definition) is 3. The molecule has 1 unspecified atom stereocenters. The first kappa shape index (κ1) is 29.7. The topological polar surface area (TPSA) is 151 Å². The SMILES string of the molecule is C[C@]1(C(N)=O)COc2c1cc(C(O)(CNC(=O)c1ccc3nn(C4CC4)cc3c1)C(F)(F)F)nc2-c1ccc2c(c1)OC(F)(F)O2. The van der Waals surface area contributed by atoms with Crippen molar-refractivity contribution in [3.05, 3.63) is 65.5 Å². The van der Waals surface area contributed by atoms with Crippen molar-refractivity contribution in [2.24, 2.45) is 5.73 Å². The van der Waals surface area contributed by atoms with Crippen LogP contribution in [-0.4, -0.2) is 57.3 Å². The Bertz CT molecular complexity index is 1940. The summed E-state index contributed by atoms with van der Waals surface area (Å²) in [6.45, 7) is -0.411. The summed E-state index contributed by atoms with van der Waals surface area (Å²) < 4.78 is 87.9. The number of fused-ring (bicyclic) bond motifs is 3. The van der Waals surface area contributed by atoms with E-state index in [2.05, 4.69) is 24.9 Å². The van der Waals surface area contributed by atoms with Crippen LogP contribution in [0.25, 0.3) is 22.2 Å². The van der Waals surface area contributed by atoms with Gasteiger partial charge in [-0.1, -0.05) is 0 Å². The van der Waals surface area contributed by atoms with Gasteiger partial charge in [0.1, 0.15) is 23.5 Å². The third-order valence-corrected chi connectivity index (χ3v) is 8.39. The molecule has 1 aliphatic carbocycles. The first-order chi connectivity index (χ1) is 21.6. The van der Waals surface area contributed by atoms with Crippen molar-refractivity contribution in [2.45, 2.75) is 49.3 Å². The minimum Gasteiger partial charge on any atom is -0.489 e. The Morgan fingerprint density at radius 2 is 1.85 bits per heavy atom. The van der Waals surface area contributed by atoms with E-state index in [9.17, 15) is 36.6 Å². The highest BCUT2D eigenvalue weighted by atomic mass is 19.4. The summed E-state index contributed by atoms with van der Waals surface area (Å²) in [7, 11) is 0. The fraction of sp³-hybridized carbons (Fsp3) is 0.333. The van der Waals surface area contributed by atoms with E-state index < -0.39 is 53.3 Å². The molecule has 3 aliphatic rings. The van der Waals surface area contributed by atoms with Crippen molar-refractivity contribution >= 4 is 22.7 Å². The molecule has 4 heterocycles. The zero-order valence-electron chi connectivity index (χ0n) is 23.8. The molecular weight excluding hydrogens is 621 g/mol. The third kappa shape index (κ3) is 4.74. The lowest BCUT2D eigenvalue weighted by molar-refractivity contribution is -0.286. The summed E-state index contributed by atoms with van der Waals surface area (Å²) in [5, 5.41) is 18.5. The number of pyridine rings is 1. The monoisotopic (exact) mass is 645 g/mol. The van der Waals surface area contributed by atoms with Crippen molar-refractivity contribution in [2.75, 3.05) is 13.2 Å². The number of nitrogens with one attached hydrogen (secondary N) is 1. The molecule has 7 rings (SSSR count). The van der Waals surface area contributed by atoms with Crippen molar-refractivity contribution in [3.63, 3.8) is 0 Å². The zero-order chi connectivity index (χ0) is 32.8. The molecule has 11 nitrogen and oxygen atoms in total. The molecule has 2 aromatic heterocycles. The second kappa shape index (κ2) is 9.75. The Kier molecular flexibility index (Phi) is 6.30. The average Bonchev–Trinajstić information content (AvgIpc) is 3.54. The Morgan fingerprint density at radius 1 is 1.11 bits per heavy atom. The van der Waals surface area contributed by atoms with E-state index in [0.29, 0.717) is 10.9 Å². The highest BCUT2D eigenvalue weighted by Gasteiger charge is 2.58. The van der Waals surface area contributed by atoms with Crippen LogP contribution in [0.4, 0.5) is 22.0 Å². The minimum atomic E-state index is -5.41. The van der Waals surface area contributed by atoms with Crippen LogP contribution in [0.15, 0.2) is 48.7 Å². The molecular formula is C30H24F5N5O6. The molecule has 2 aromatic carbocycles. The second-order valence-corrected chi connectivity index (χ2v) is 11.7. The van der Waals surface area contributed by atoms with Crippen LogP contribution in [0.3, 0.4) is 0 Å². The molecule has 4 N–H and O–H groups in total. The first-order valence-electron chi connectivity index (χ1n) is 14.0. The fourth-order valence-electron chi connectivity index (χ4n) is 5.45. The van der Waals surface area contributed by atoms with Gasteiger partial charge < -0.3 is 30.4 Å². The highest BCUT2D eigenvalue weighted by molar-refractivity contribution is 5.98. The van der Waals surface area contributed by atoms with E-state index in [1.807, 2.05) is 0 Å². The predicted octanol–water partition coefficient (Wildman–Crippen LogP) is 4.07. The van der Waals surface area contributed by atoms with Crippen LogP contribution in [-0.2, 0) is 15.8 Å². The number of hydrogen-bond acceptors (Lipinski definition) is 8. The summed E-state index contributed by atoms with van der Waals surface area (Å²) >= 11 is 0. The van der Waals surface area contributed by atoms with Gasteiger partial charge in [-0.05, 0) is 62.2 Å². The van der Waals surface area contributed by atoms with Gasteiger partial charge in [0, 0.05) is 28.3 Å². The maximum atomic E-state index is 14.7. The van der Waals surface area contributed by atoms with Crippen LogP contribution in [0.2, 0.25) is 0 Å².